The Morgan fingerprint density at radius 2 is 2.29 bits per heavy atom. The Hall–Kier alpha value is -2.44. The summed E-state index contributed by atoms with van der Waals surface area (Å²) in [4.78, 5) is 16.4. The minimum Gasteiger partial charge on any atom is -0.358 e. The lowest BCUT2D eigenvalue weighted by atomic mass is 9.98. The number of imidazole rings is 1. The van der Waals surface area contributed by atoms with E-state index in [-0.39, 0.29) is 17.6 Å². The maximum Gasteiger partial charge on any atom is 0.406 e. The van der Waals surface area contributed by atoms with Crippen molar-refractivity contribution in [2.75, 3.05) is 18.0 Å². The summed E-state index contributed by atoms with van der Waals surface area (Å²) in [6.45, 7) is 1.32. The molecule has 1 aromatic heterocycles. The summed E-state index contributed by atoms with van der Waals surface area (Å²) < 4.78 is 15.0. The van der Waals surface area contributed by atoms with Crippen molar-refractivity contribution in [2.24, 2.45) is 7.05 Å². The van der Waals surface area contributed by atoms with E-state index in [0.29, 0.717) is 18.9 Å². The quantitative estimate of drug-likeness (QED) is 0.643. The first kappa shape index (κ1) is 13.5. The molecule has 3 rings (SSSR count). The second kappa shape index (κ2) is 5.16. The Morgan fingerprint density at radius 1 is 1.48 bits per heavy atom. The van der Waals surface area contributed by atoms with Crippen molar-refractivity contribution >= 4 is 11.6 Å². The van der Waals surface area contributed by atoms with Crippen molar-refractivity contribution in [1.29, 1.82) is 0 Å². The van der Waals surface area contributed by atoms with Gasteiger partial charge in [-0.1, -0.05) is 12.1 Å². The highest BCUT2D eigenvalue weighted by Gasteiger charge is 2.32. The number of halogens is 1. The standard InChI is InChI=1S/C14H15FN4O2/c1-17-9-16-13(19(20)21)14(17)18-6-5-11(8-18)10-3-2-4-12(15)7-10/h2-4,7,9,11H,5-6,8H2,1H3/t11-/m0/s1. The predicted octanol–water partition coefficient (Wildman–Crippen LogP) is 2.46. The van der Waals surface area contributed by atoms with Crippen LogP contribution in [0.25, 0.3) is 0 Å². The van der Waals surface area contributed by atoms with Gasteiger partial charge in [-0.2, -0.15) is 0 Å². The van der Waals surface area contributed by atoms with Crippen LogP contribution in [-0.2, 0) is 7.05 Å². The molecule has 0 aliphatic carbocycles. The van der Waals surface area contributed by atoms with Crippen LogP contribution < -0.4 is 4.90 Å². The number of hydrogen-bond acceptors (Lipinski definition) is 4. The molecule has 1 atom stereocenters. The number of benzene rings is 1. The Labute approximate surface area is 121 Å². The van der Waals surface area contributed by atoms with Gasteiger partial charge in [-0.15, -0.1) is 0 Å². The second-order valence-corrected chi connectivity index (χ2v) is 5.25. The fourth-order valence-electron chi connectivity index (χ4n) is 2.89. The van der Waals surface area contributed by atoms with Crippen molar-refractivity contribution in [3.63, 3.8) is 0 Å². The molecule has 0 bridgehead atoms. The first-order valence-corrected chi connectivity index (χ1v) is 6.72. The number of aromatic nitrogens is 2. The molecule has 1 saturated heterocycles. The SMILES string of the molecule is Cn1cnc([N+](=O)[O-])c1N1CC[C@H](c2cccc(F)c2)C1. The average molecular weight is 290 g/mol. The summed E-state index contributed by atoms with van der Waals surface area (Å²) in [5.41, 5.74) is 0.933. The first-order chi connectivity index (χ1) is 10.1. The highest BCUT2D eigenvalue weighted by atomic mass is 19.1. The third kappa shape index (κ3) is 2.46. The van der Waals surface area contributed by atoms with Gasteiger partial charge in [0.1, 0.15) is 5.82 Å². The van der Waals surface area contributed by atoms with E-state index in [0.717, 1.165) is 12.0 Å². The van der Waals surface area contributed by atoms with Crippen molar-refractivity contribution < 1.29 is 9.31 Å². The molecule has 1 aromatic carbocycles. The van der Waals surface area contributed by atoms with Crippen LogP contribution >= 0.6 is 0 Å². The van der Waals surface area contributed by atoms with E-state index in [2.05, 4.69) is 4.98 Å². The molecule has 110 valence electrons. The summed E-state index contributed by atoms with van der Waals surface area (Å²) in [7, 11) is 1.74. The molecule has 7 heteroatoms. The van der Waals surface area contributed by atoms with Gasteiger partial charge in [-0.05, 0) is 34.0 Å². The zero-order valence-corrected chi connectivity index (χ0v) is 11.6. The minimum atomic E-state index is -0.467. The lowest BCUT2D eigenvalue weighted by molar-refractivity contribution is -0.388. The Balaban J connectivity index is 1.85. The Bertz CT molecular complexity index is 685. The van der Waals surface area contributed by atoms with Crippen LogP contribution in [0.4, 0.5) is 16.0 Å². The van der Waals surface area contributed by atoms with Crippen molar-refractivity contribution in [3.8, 4) is 0 Å². The highest BCUT2D eigenvalue weighted by molar-refractivity contribution is 5.55. The molecule has 0 radical (unpaired) electrons. The van der Waals surface area contributed by atoms with E-state index in [1.165, 1.54) is 18.5 Å². The van der Waals surface area contributed by atoms with Crippen molar-refractivity contribution in [1.82, 2.24) is 9.55 Å². The van der Waals surface area contributed by atoms with Crippen molar-refractivity contribution in [2.45, 2.75) is 12.3 Å². The first-order valence-electron chi connectivity index (χ1n) is 6.72. The maximum atomic E-state index is 13.3. The number of hydrogen-bond donors (Lipinski definition) is 0. The van der Waals surface area contributed by atoms with Crippen LogP contribution in [0.1, 0.15) is 17.9 Å². The Kier molecular flexibility index (Phi) is 3.32. The van der Waals surface area contributed by atoms with Crippen LogP contribution in [0.15, 0.2) is 30.6 Å². The predicted molar refractivity (Wildman–Crippen MR) is 75.8 cm³/mol. The van der Waals surface area contributed by atoms with Crippen LogP contribution in [0, 0.1) is 15.9 Å². The molecular weight excluding hydrogens is 275 g/mol. The lowest BCUT2D eigenvalue weighted by Crippen LogP contribution is -2.22. The van der Waals surface area contributed by atoms with Gasteiger partial charge >= 0.3 is 5.82 Å². The van der Waals surface area contributed by atoms with Gasteiger partial charge in [0.15, 0.2) is 0 Å². The zero-order chi connectivity index (χ0) is 15.0. The summed E-state index contributed by atoms with van der Waals surface area (Å²) in [5, 5.41) is 11.0. The molecule has 1 aliphatic heterocycles. The second-order valence-electron chi connectivity index (χ2n) is 5.25. The van der Waals surface area contributed by atoms with E-state index in [4.69, 9.17) is 0 Å². The summed E-state index contributed by atoms with van der Waals surface area (Å²) in [5.74, 6) is 0.309. The van der Waals surface area contributed by atoms with E-state index in [9.17, 15) is 14.5 Å². The third-order valence-electron chi connectivity index (χ3n) is 3.87. The molecule has 1 fully saturated rings. The normalized spacial score (nSPS) is 18.2. The zero-order valence-electron chi connectivity index (χ0n) is 11.6. The average Bonchev–Trinajstić information content (AvgIpc) is 3.04. The molecule has 0 N–H and O–H groups in total. The minimum absolute atomic E-state index is 0.127. The Morgan fingerprint density at radius 3 is 3.00 bits per heavy atom. The monoisotopic (exact) mass is 290 g/mol. The van der Waals surface area contributed by atoms with Crippen molar-refractivity contribution in [3.05, 3.63) is 52.1 Å². The smallest absolute Gasteiger partial charge is 0.358 e. The molecule has 0 unspecified atom stereocenters. The molecule has 1 aliphatic rings. The molecule has 6 nitrogen and oxygen atoms in total. The molecular formula is C14H15FN4O2. The molecule has 0 amide bonds. The number of nitro groups is 1. The van der Waals surface area contributed by atoms with E-state index in [1.54, 1.807) is 17.7 Å². The molecule has 0 saturated carbocycles. The van der Waals surface area contributed by atoms with E-state index < -0.39 is 4.92 Å². The van der Waals surface area contributed by atoms with Gasteiger partial charge in [-0.25, -0.2) is 4.39 Å². The van der Waals surface area contributed by atoms with E-state index in [1.807, 2.05) is 11.0 Å². The summed E-state index contributed by atoms with van der Waals surface area (Å²) in [6, 6.07) is 6.54. The molecule has 21 heavy (non-hydrogen) atoms. The van der Waals surface area contributed by atoms with Crippen LogP contribution in [0.3, 0.4) is 0 Å². The fourth-order valence-corrected chi connectivity index (χ4v) is 2.89. The van der Waals surface area contributed by atoms with Gasteiger partial charge in [0.2, 0.25) is 12.1 Å². The number of nitrogens with zero attached hydrogens (tertiary/aromatic N) is 4. The van der Waals surface area contributed by atoms with E-state index >= 15 is 0 Å². The van der Waals surface area contributed by atoms with Crippen LogP contribution in [0.5, 0.6) is 0 Å². The van der Waals surface area contributed by atoms with Gasteiger partial charge in [0.05, 0.1) is 0 Å². The summed E-state index contributed by atoms with van der Waals surface area (Å²) >= 11 is 0. The summed E-state index contributed by atoms with van der Waals surface area (Å²) in [6.07, 6.45) is 2.29. The lowest BCUT2D eigenvalue weighted by Gasteiger charge is -2.17. The fraction of sp³-hybridized carbons (Fsp3) is 0.357. The topological polar surface area (TPSA) is 64.2 Å². The van der Waals surface area contributed by atoms with Gasteiger partial charge in [0.25, 0.3) is 0 Å². The molecule has 2 heterocycles. The number of rotatable bonds is 3. The van der Waals surface area contributed by atoms with Gasteiger partial charge < -0.3 is 15.0 Å². The van der Waals surface area contributed by atoms with Gasteiger partial charge in [-0.3, -0.25) is 4.57 Å². The van der Waals surface area contributed by atoms with Gasteiger partial charge in [0, 0.05) is 26.1 Å². The molecule has 2 aromatic rings. The number of aryl methyl sites for hydroxylation is 1. The maximum absolute atomic E-state index is 13.3. The van der Waals surface area contributed by atoms with Crippen LogP contribution in [-0.4, -0.2) is 27.6 Å². The number of anilines is 1. The molecule has 0 spiro atoms. The highest BCUT2D eigenvalue weighted by Crippen LogP contribution is 2.34. The third-order valence-corrected chi connectivity index (χ3v) is 3.87. The van der Waals surface area contributed by atoms with Crippen LogP contribution in [0.2, 0.25) is 0 Å². The largest absolute Gasteiger partial charge is 0.406 e.